The number of methoxy groups -OCH3 is 1. The van der Waals surface area contributed by atoms with Gasteiger partial charge in [-0.3, -0.25) is 4.79 Å². The van der Waals surface area contributed by atoms with Crippen LogP contribution in [0.3, 0.4) is 0 Å². The summed E-state index contributed by atoms with van der Waals surface area (Å²) in [6, 6.07) is 3.81. The van der Waals surface area contributed by atoms with E-state index in [1.165, 1.54) is 0 Å². The summed E-state index contributed by atoms with van der Waals surface area (Å²) >= 11 is 3.38. The van der Waals surface area contributed by atoms with E-state index in [2.05, 4.69) is 15.9 Å². The Hall–Kier alpha value is -0.830. The van der Waals surface area contributed by atoms with Gasteiger partial charge in [0.05, 0.1) is 17.1 Å². The van der Waals surface area contributed by atoms with E-state index >= 15 is 0 Å². The van der Waals surface area contributed by atoms with Crippen LogP contribution in [-0.4, -0.2) is 12.9 Å². The molecule has 0 radical (unpaired) electrons. The molecule has 15 heavy (non-hydrogen) atoms. The van der Waals surface area contributed by atoms with Gasteiger partial charge in [-0.15, -0.1) is 0 Å². The Bertz CT molecular complexity index is 383. The first-order chi connectivity index (χ1) is 6.99. The van der Waals surface area contributed by atoms with Gasteiger partial charge in [0.2, 0.25) is 0 Å². The Morgan fingerprint density at radius 3 is 2.47 bits per heavy atom. The normalized spacial score (nSPS) is 10.5. The van der Waals surface area contributed by atoms with Crippen LogP contribution < -0.4 is 4.74 Å². The fraction of sp³-hybridized carbons (Fsp3) is 0.417. The van der Waals surface area contributed by atoms with E-state index in [4.69, 9.17) is 4.74 Å². The maximum absolute atomic E-state index is 12.0. The van der Waals surface area contributed by atoms with Gasteiger partial charge in [0.1, 0.15) is 5.75 Å². The van der Waals surface area contributed by atoms with E-state index in [0.29, 0.717) is 11.3 Å². The predicted molar refractivity (Wildman–Crippen MR) is 64.6 cm³/mol. The number of rotatable bonds is 3. The summed E-state index contributed by atoms with van der Waals surface area (Å²) in [5, 5.41) is 0. The van der Waals surface area contributed by atoms with Crippen LogP contribution in [0.1, 0.15) is 29.8 Å². The van der Waals surface area contributed by atoms with Crippen LogP contribution in [0.4, 0.5) is 0 Å². The molecule has 0 atom stereocenters. The van der Waals surface area contributed by atoms with Crippen molar-refractivity contribution in [1.82, 2.24) is 0 Å². The Morgan fingerprint density at radius 1 is 1.40 bits per heavy atom. The maximum Gasteiger partial charge on any atom is 0.169 e. The molecule has 1 aromatic rings. The Labute approximate surface area is 98.8 Å². The lowest BCUT2D eigenvalue weighted by Gasteiger charge is -2.13. The summed E-state index contributed by atoms with van der Waals surface area (Å²) in [5.41, 5.74) is 1.63. The van der Waals surface area contributed by atoms with Gasteiger partial charge in [-0.25, -0.2) is 0 Å². The second-order valence-electron chi connectivity index (χ2n) is 3.79. The van der Waals surface area contributed by atoms with Crippen LogP contribution in [0.25, 0.3) is 0 Å². The van der Waals surface area contributed by atoms with E-state index in [0.717, 1.165) is 10.0 Å². The van der Waals surface area contributed by atoms with Crippen LogP contribution in [0.15, 0.2) is 16.6 Å². The first-order valence-corrected chi connectivity index (χ1v) is 5.65. The lowest BCUT2D eigenvalue weighted by Crippen LogP contribution is -2.11. The van der Waals surface area contributed by atoms with Gasteiger partial charge < -0.3 is 4.74 Å². The minimum atomic E-state index is -0.0214. The van der Waals surface area contributed by atoms with E-state index in [1.807, 2.05) is 32.9 Å². The third kappa shape index (κ3) is 2.40. The van der Waals surface area contributed by atoms with Gasteiger partial charge in [0.25, 0.3) is 0 Å². The molecule has 0 aromatic heterocycles. The number of halogens is 1. The van der Waals surface area contributed by atoms with Gasteiger partial charge in [-0.05, 0) is 34.5 Å². The van der Waals surface area contributed by atoms with E-state index in [-0.39, 0.29) is 11.7 Å². The number of benzene rings is 1. The Morgan fingerprint density at radius 2 is 2.00 bits per heavy atom. The highest BCUT2D eigenvalue weighted by Gasteiger charge is 2.19. The predicted octanol–water partition coefficient (Wildman–Crippen LogP) is 3.60. The second kappa shape index (κ2) is 4.79. The molecule has 0 heterocycles. The summed E-state index contributed by atoms with van der Waals surface area (Å²) in [5.74, 6) is 0.728. The van der Waals surface area contributed by atoms with Crippen molar-refractivity contribution in [3.63, 3.8) is 0 Å². The van der Waals surface area contributed by atoms with E-state index < -0.39 is 0 Å². The van der Waals surface area contributed by atoms with Gasteiger partial charge in [-0.2, -0.15) is 0 Å². The lowest BCUT2D eigenvalue weighted by atomic mass is 9.96. The average molecular weight is 271 g/mol. The first-order valence-electron chi connectivity index (χ1n) is 4.86. The highest BCUT2D eigenvalue weighted by Crippen LogP contribution is 2.32. The third-order valence-corrected chi connectivity index (χ3v) is 2.92. The Balaban J connectivity index is 3.37. The van der Waals surface area contributed by atoms with Crippen molar-refractivity contribution in [3.8, 4) is 5.75 Å². The average Bonchev–Trinajstić information content (AvgIpc) is 2.19. The van der Waals surface area contributed by atoms with Crippen molar-refractivity contribution in [3.05, 3.63) is 27.7 Å². The van der Waals surface area contributed by atoms with Gasteiger partial charge >= 0.3 is 0 Å². The van der Waals surface area contributed by atoms with E-state index in [9.17, 15) is 4.79 Å². The maximum atomic E-state index is 12.0. The zero-order valence-electron chi connectivity index (χ0n) is 9.43. The first kappa shape index (κ1) is 12.2. The number of carbonyl (C=O) groups is 1. The number of Topliss-reactive ketones (excluding diaryl/α,β-unsaturated/α-hetero) is 1. The summed E-state index contributed by atoms with van der Waals surface area (Å²) in [6.07, 6.45) is 0. The minimum absolute atomic E-state index is 0.0214. The number of ketones is 1. The van der Waals surface area contributed by atoms with Gasteiger partial charge in [-0.1, -0.05) is 19.9 Å². The number of carbonyl (C=O) groups excluding carboxylic acids is 1. The fourth-order valence-corrected chi connectivity index (χ4v) is 1.94. The monoisotopic (exact) mass is 270 g/mol. The van der Waals surface area contributed by atoms with Crippen molar-refractivity contribution < 1.29 is 9.53 Å². The standard InChI is InChI=1S/C12H15BrO2/c1-7(2)11(14)10-8(3)5-6-9(13)12(10)15-4/h5-7H,1-4H3. The molecule has 0 fully saturated rings. The van der Waals surface area contributed by atoms with Crippen LogP contribution in [0.2, 0.25) is 0 Å². The summed E-state index contributed by atoms with van der Waals surface area (Å²) in [7, 11) is 1.58. The molecule has 82 valence electrons. The molecule has 3 heteroatoms. The van der Waals surface area contributed by atoms with Gasteiger partial charge in [0.15, 0.2) is 5.78 Å². The van der Waals surface area contributed by atoms with Crippen LogP contribution in [0, 0.1) is 12.8 Å². The molecule has 0 spiro atoms. The van der Waals surface area contributed by atoms with Crippen molar-refractivity contribution in [2.45, 2.75) is 20.8 Å². The van der Waals surface area contributed by atoms with Gasteiger partial charge in [0, 0.05) is 5.92 Å². The largest absolute Gasteiger partial charge is 0.495 e. The second-order valence-corrected chi connectivity index (χ2v) is 4.65. The molecule has 2 nitrogen and oxygen atoms in total. The molecule has 0 aliphatic carbocycles. The molecule has 0 amide bonds. The van der Waals surface area contributed by atoms with E-state index in [1.54, 1.807) is 7.11 Å². The van der Waals surface area contributed by atoms with Crippen LogP contribution in [-0.2, 0) is 0 Å². The zero-order chi connectivity index (χ0) is 11.6. The molecule has 0 saturated heterocycles. The van der Waals surface area contributed by atoms with Crippen molar-refractivity contribution >= 4 is 21.7 Å². The molecule has 0 saturated carbocycles. The molecule has 1 aromatic carbocycles. The number of hydrogen-bond donors (Lipinski definition) is 0. The molecule has 0 N–H and O–H groups in total. The fourth-order valence-electron chi connectivity index (χ4n) is 1.45. The molecule has 0 bridgehead atoms. The Kier molecular flexibility index (Phi) is 3.91. The SMILES string of the molecule is COc1c(Br)ccc(C)c1C(=O)C(C)C. The molecule has 0 aliphatic rings. The van der Waals surface area contributed by atoms with Crippen LogP contribution >= 0.6 is 15.9 Å². The van der Waals surface area contributed by atoms with Crippen molar-refractivity contribution in [2.75, 3.05) is 7.11 Å². The topological polar surface area (TPSA) is 26.3 Å². The third-order valence-electron chi connectivity index (χ3n) is 2.29. The highest BCUT2D eigenvalue weighted by atomic mass is 79.9. The minimum Gasteiger partial charge on any atom is -0.495 e. The lowest BCUT2D eigenvalue weighted by molar-refractivity contribution is 0.0935. The van der Waals surface area contributed by atoms with Crippen LogP contribution in [0.5, 0.6) is 5.75 Å². The van der Waals surface area contributed by atoms with Crippen molar-refractivity contribution in [2.24, 2.45) is 5.92 Å². The number of ether oxygens (including phenoxy) is 1. The number of hydrogen-bond acceptors (Lipinski definition) is 2. The summed E-state index contributed by atoms with van der Waals surface area (Å²) in [4.78, 5) is 12.0. The molecule has 1 rings (SSSR count). The number of aryl methyl sites for hydroxylation is 1. The summed E-state index contributed by atoms with van der Waals surface area (Å²) in [6.45, 7) is 5.70. The zero-order valence-corrected chi connectivity index (χ0v) is 11.0. The van der Waals surface area contributed by atoms with Crippen molar-refractivity contribution in [1.29, 1.82) is 0 Å². The smallest absolute Gasteiger partial charge is 0.169 e. The molecule has 0 aliphatic heterocycles. The quantitative estimate of drug-likeness (QED) is 0.785. The summed E-state index contributed by atoms with van der Waals surface area (Å²) < 4.78 is 6.08. The molecular weight excluding hydrogens is 256 g/mol. The molecule has 0 unspecified atom stereocenters. The molecular formula is C12H15BrO2. The highest BCUT2D eigenvalue weighted by molar-refractivity contribution is 9.10.